The van der Waals surface area contributed by atoms with Crippen molar-refractivity contribution < 1.29 is 14.2 Å². The average molecular weight is 485 g/mol. The van der Waals surface area contributed by atoms with Crippen molar-refractivity contribution in [3.8, 4) is 17.2 Å². The van der Waals surface area contributed by atoms with Gasteiger partial charge in [-0.3, -0.25) is 4.99 Å². The van der Waals surface area contributed by atoms with Gasteiger partial charge in [0.2, 0.25) is 0 Å². The van der Waals surface area contributed by atoms with Crippen LogP contribution in [-0.4, -0.2) is 33.8 Å². The molecule has 3 N–H and O–H groups in total. The van der Waals surface area contributed by atoms with E-state index in [1.165, 1.54) is 5.56 Å². The van der Waals surface area contributed by atoms with Gasteiger partial charge in [-0.05, 0) is 42.2 Å². The monoisotopic (exact) mass is 485 g/mol. The lowest BCUT2D eigenvalue weighted by molar-refractivity contribution is 0.354. The van der Waals surface area contributed by atoms with Crippen molar-refractivity contribution in [2.75, 3.05) is 33.2 Å². The van der Waals surface area contributed by atoms with Crippen molar-refractivity contribution in [2.24, 2.45) is 16.6 Å². The number of ether oxygens (including phenoxy) is 3. The number of anilines is 1. The van der Waals surface area contributed by atoms with Gasteiger partial charge in [-0.2, -0.15) is 0 Å². The maximum absolute atomic E-state index is 6.00. The third-order valence-corrected chi connectivity index (χ3v) is 3.98. The molecule has 7 heteroatoms. The van der Waals surface area contributed by atoms with Crippen LogP contribution < -0.4 is 25.3 Å². The molecule has 27 heavy (non-hydrogen) atoms. The Hall–Kier alpha value is -2.16. The smallest absolute Gasteiger partial charge is 0.193 e. The maximum atomic E-state index is 6.00. The summed E-state index contributed by atoms with van der Waals surface area (Å²) in [6, 6.07) is 13.5. The number of nitrogens with two attached hydrogens (primary N) is 1. The summed E-state index contributed by atoms with van der Waals surface area (Å²) in [5.74, 6) is 2.88. The lowest BCUT2D eigenvalue weighted by Gasteiger charge is -2.13. The Morgan fingerprint density at radius 2 is 1.67 bits per heavy atom. The lowest BCUT2D eigenvalue weighted by atomic mass is 10.0. The third-order valence-electron chi connectivity index (χ3n) is 3.98. The first-order valence-corrected chi connectivity index (χ1v) is 8.48. The molecular weight excluding hydrogens is 457 g/mol. The quantitative estimate of drug-likeness (QED) is 0.337. The van der Waals surface area contributed by atoms with Crippen LogP contribution in [-0.2, 0) is 6.42 Å². The van der Waals surface area contributed by atoms with Gasteiger partial charge in [-0.1, -0.05) is 25.1 Å². The molecule has 0 saturated carbocycles. The fraction of sp³-hybridized carbons (Fsp3) is 0.350. The van der Waals surface area contributed by atoms with Crippen LogP contribution in [0.15, 0.2) is 47.5 Å². The van der Waals surface area contributed by atoms with Gasteiger partial charge in [-0.15, -0.1) is 24.0 Å². The Morgan fingerprint density at radius 3 is 2.33 bits per heavy atom. The maximum Gasteiger partial charge on any atom is 0.193 e. The first-order chi connectivity index (χ1) is 12.6. The zero-order valence-electron chi connectivity index (χ0n) is 16.2. The Bertz CT molecular complexity index is 753. The van der Waals surface area contributed by atoms with Crippen molar-refractivity contribution in [3.05, 3.63) is 48.0 Å². The normalized spacial score (nSPS) is 11.9. The number of methoxy groups -OCH3 is 3. The number of hydrogen-bond donors (Lipinski definition) is 2. The minimum Gasteiger partial charge on any atom is -0.495 e. The highest BCUT2D eigenvalue weighted by Crippen LogP contribution is 2.28. The molecule has 2 rings (SSSR count). The van der Waals surface area contributed by atoms with Gasteiger partial charge < -0.3 is 25.3 Å². The summed E-state index contributed by atoms with van der Waals surface area (Å²) in [5, 5.41) is 3.08. The van der Waals surface area contributed by atoms with Gasteiger partial charge in [0.1, 0.15) is 5.75 Å². The second kappa shape index (κ2) is 11.5. The van der Waals surface area contributed by atoms with Crippen molar-refractivity contribution in [2.45, 2.75) is 13.3 Å². The number of guanidine groups is 1. The summed E-state index contributed by atoms with van der Waals surface area (Å²) in [6.45, 7) is 2.75. The van der Waals surface area contributed by atoms with Crippen LogP contribution in [0.25, 0.3) is 0 Å². The first kappa shape index (κ1) is 22.9. The molecule has 0 radical (unpaired) electrons. The van der Waals surface area contributed by atoms with Crippen LogP contribution in [0.2, 0.25) is 0 Å². The van der Waals surface area contributed by atoms with Crippen molar-refractivity contribution >= 4 is 35.6 Å². The Labute approximate surface area is 178 Å². The molecule has 1 unspecified atom stereocenters. The number of hydrogen-bond acceptors (Lipinski definition) is 4. The van der Waals surface area contributed by atoms with Crippen molar-refractivity contribution in [3.63, 3.8) is 0 Å². The minimum atomic E-state index is 0. The highest BCUT2D eigenvalue weighted by atomic mass is 127. The Kier molecular flexibility index (Phi) is 9.77. The number of nitrogens with zero attached hydrogens (tertiary/aromatic N) is 1. The van der Waals surface area contributed by atoms with E-state index in [4.69, 9.17) is 19.9 Å². The van der Waals surface area contributed by atoms with E-state index >= 15 is 0 Å². The van der Waals surface area contributed by atoms with E-state index in [1.807, 2.05) is 42.5 Å². The molecule has 148 valence electrons. The number of para-hydroxylation sites is 2. The van der Waals surface area contributed by atoms with Crippen LogP contribution in [0.4, 0.5) is 5.69 Å². The van der Waals surface area contributed by atoms with E-state index in [0.29, 0.717) is 18.4 Å². The molecule has 6 nitrogen and oxygen atoms in total. The van der Waals surface area contributed by atoms with Gasteiger partial charge in [0.15, 0.2) is 17.5 Å². The third kappa shape index (κ3) is 6.82. The average Bonchev–Trinajstić information content (AvgIpc) is 2.66. The van der Waals surface area contributed by atoms with E-state index in [-0.39, 0.29) is 24.0 Å². The van der Waals surface area contributed by atoms with E-state index in [0.717, 1.165) is 29.4 Å². The Balaban J connectivity index is 0.00000364. The fourth-order valence-electron chi connectivity index (χ4n) is 2.65. The predicted octanol–water partition coefficient (Wildman–Crippen LogP) is 3.94. The zero-order chi connectivity index (χ0) is 18.9. The van der Waals surface area contributed by atoms with Gasteiger partial charge >= 0.3 is 0 Å². The molecule has 1 atom stereocenters. The first-order valence-electron chi connectivity index (χ1n) is 8.48. The molecule has 0 fully saturated rings. The van der Waals surface area contributed by atoms with Gasteiger partial charge in [0.25, 0.3) is 0 Å². The topological polar surface area (TPSA) is 78.1 Å². The largest absolute Gasteiger partial charge is 0.495 e. The second-order valence-electron chi connectivity index (χ2n) is 6.05. The van der Waals surface area contributed by atoms with Crippen LogP contribution in [0.5, 0.6) is 17.2 Å². The summed E-state index contributed by atoms with van der Waals surface area (Å²) >= 11 is 0. The van der Waals surface area contributed by atoms with Crippen molar-refractivity contribution in [1.82, 2.24) is 0 Å². The standard InChI is InChI=1S/C20H27N3O3.HI/c1-14(11-15-9-10-18(25-3)19(12-15)26-4)13-22-20(21)23-16-7-5-6-8-17(16)24-2;/h5-10,12,14H,11,13H2,1-4H3,(H3,21,22,23);1H. The molecule has 0 aliphatic heterocycles. The number of rotatable bonds is 8. The highest BCUT2D eigenvalue weighted by Gasteiger charge is 2.09. The molecule has 2 aromatic rings. The summed E-state index contributed by atoms with van der Waals surface area (Å²) in [7, 11) is 4.89. The Morgan fingerprint density at radius 1 is 1.00 bits per heavy atom. The second-order valence-corrected chi connectivity index (χ2v) is 6.05. The zero-order valence-corrected chi connectivity index (χ0v) is 18.5. The number of halogens is 1. The molecule has 0 aliphatic rings. The van der Waals surface area contributed by atoms with Gasteiger partial charge in [0.05, 0.1) is 27.0 Å². The molecule has 0 heterocycles. The highest BCUT2D eigenvalue weighted by molar-refractivity contribution is 14.0. The summed E-state index contributed by atoms with van der Waals surface area (Å²) in [4.78, 5) is 4.44. The molecule has 0 aromatic heterocycles. The van der Waals surface area contributed by atoms with Crippen molar-refractivity contribution in [1.29, 1.82) is 0 Å². The summed E-state index contributed by atoms with van der Waals surface area (Å²) in [5.41, 5.74) is 7.96. The lowest BCUT2D eigenvalue weighted by Crippen LogP contribution is -2.24. The molecule has 2 aromatic carbocycles. The molecule has 0 spiro atoms. The summed E-state index contributed by atoms with van der Waals surface area (Å²) < 4.78 is 15.9. The van der Waals surface area contributed by atoms with E-state index in [2.05, 4.69) is 17.2 Å². The number of benzene rings is 2. The number of nitrogens with one attached hydrogen (secondary N) is 1. The van der Waals surface area contributed by atoms with E-state index < -0.39 is 0 Å². The van der Waals surface area contributed by atoms with E-state index in [9.17, 15) is 0 Å². The minimum absolute atomic E-state index is 0. The van der Waals surface area contributed by atoms with Crippen LogP contribution in [0.3, 0.4) is 0 Å². The fourth-order valence-corrected chi connectivity index (χ4v) is 2.65. The SMILES string of the molecule is COc1ccccc1NC(N)=NCC(C)Cc1ccc(OC)c(OC)c1.I. The van der Waals surface area contributed by atoms with Gasteiger partial charge in [0, 0.05) is 6.54 Å². The van der Waals surface area contributed by atoms with Crippen LogP contribution >= 0.6 is 24.0 Å². The van der Waals surface area contributed by atoms with Crippen LogP contribution in [0.1, 0.15) is 12.5 Å². The summed E-state index contributed by atoms with van der Waals surface area (Å²) in [6.07, 6.45) is 0.867. The molecule has 0 bridgehead atoms. The molecule has 0 aliphatic carbocycles. The molecular formula is C20H28IN3O3. The van der Waals surface area contributed by atoms with Gasteiger partial charge in [-0.25, -0.2) is 0 Å². The molecule has 0 amide bonds. The van der Waals surface area contributed by atoms with E-state index in [1.54, 1.807) is 21.3 Å². The number of aliphatic imine (C=N–C) groups is 1. The van der Waals surface area contributed by atoms with Crippen LogP contribution in [0, 0.1) is 5.92 Å². The predicted molar refractivity (Wildman–Crippen MR) is 121 cm³/mol. The molecule has 0 saturated heterocycles.